The van der Waals surface area contributed by atoms with Crippen LogP contribution in [-0.4, -0.2) is 125 Å². The van der Waals surface area contributed by atoms with E-state index in [-0.39, 0.29) is 39.9 Å². The van der Waals surface area contributed by atoms with Crippen molar-refractivity contribution in [1.82, 2.24) is 20.3 Å². The van der Waals surface area contributed by atoms with Gasteiger partial charge in [-0.2, -0.15) is 5.06 Å². The fraction of sp³-hybridized carbons (Fsp3) is 0.414. The number of anilines is 1. The highest BCUT2D eigenvalue weighted by Gasteiger charge is 2.65. The van der Waals surface area contributed by atoms with Gasteiger partial charge in [0.15, 0.2) is 22.3 Å². The van der Waals surface area contributed by atoms with Gasteiger partial charge in [0.2, 0.25) is 5.60 Å². The Kier molecular flexibility index (Phi) is 8.55. The summed E-state index contributed by atoms with van der Waals surface area (Å²) < 4.78 is 10.7. The lowest BCUT2D eigenvalue weighted by Crippen LogP contribution is -2.57. The molecule has 4 aliphatic heterocycles. The Morgan fingerprint density at radius 1 is 1.02 bits per heavy atom. The predicted octanol–water partition coefficient (Wildman–Crippen LogP) is -1.08. The highest BCUT2D eigenvalue weighted by atomic mass is 32.1. The van der Waals surface area contributed by atoms with Crippen LogP contribution in [0, 0.1) is 0 Å². The van der Waals surface area contributed by atoms with Crippen LogP contribution in [0.5, 0.6) is 11.5 Å². The van der Waals surface area contributed by atoms with E-state index in [2.05, 4.69) is 15.5 Å². The van der Waals surface area contributed by atoms with Gasteiger partial charge in [-0.3, -0.25) is 28.9 Å². The maximum Gasteiger partial charge on any atom is 0.372 e. The first-order chi connectivity index (χ1) is 24.0. The molecule has 0 bridgehead atoms. The van der Waals surface area contributed by atoms with Crippen LogP contribution in [0.4, 0.5) is 5.13 Å². The van der Waals surface area contributed by atoms with E-state index in [1.807, 2.05) is 0 Å². The van der Waals surface area contributed by atoms with Crippen molar-refractivity contribution in [2.45, 2.75) is 68.7 Å². The number of cyclic esters (lactones) is 1. The number of carboxylic acid groups (broad SMARTS) is 2. The third kappa shape index (κ3) is 5.81. The SMILES string of the molecule is C[C@@H]1CC(O/N=C(\C(=O)N[C@H]2CON(C3(C(=O)O)C[C@H](N4C(=O)c5cc(O)c(O)cc5C4=O)C(=O)O3)C2=O)c2csc(N)n2)(C(=O)O)C[C@@H](C)O1. The Hall–Kier alpha value is -5.87. The number of nitrogens with one attached hydrogen (secondary N) is 1. The van der Waals surface area contributed by atoms with Gasteiger partial charge < -0.3 is 45.8 Å². The number of amides is 4. The number of nitrogen functional groups attached to an aromatic ring is 1. The molecule has 4 amide bonds. The van der Waals surface area contributed by atoms with Crippen LogP contribution in [-0.2, 0) is 43.1 Å². The second-order valence-corrected chi connectivity index (χ2v) is 13.0. The summed E-state index contributed by atoms with van der Waals surface area (Å²) in [5.41, 5.74) is -0.604. The summed E-state index contributed by atoms with van der Waals surface area (Å²) in [5.74, 6) is -10.8. The molecule has 6 rings (SSSR count). The number of phenols is 2. The fourth-order valence-electron chi connectivity index (χ4n) is 6.29. The molecular weight excluding hydrogens is 704 g/mol. The van der Waals surface area contributed by atoms with Crippen molar-refractivity contribution in [2.24, 2.45) is 5.16 Å². The minimum atomic E-state index is -2.92. The van der Waals surface area contributed by atoms with E-state index in [4.69, 9.17) is 24.9 Å². The van der Waals surface area contributed by atoms with E-state index < -0.39 is 107 Å². The number of phenolic OH excluding ortho intramolecular Hbond substituents is 2. The first-order valence-electron chi connectivity index (χ1n) is 15.0. The zero-order valence-corrected chi connectivity index (χ0v) is 27.2. The molecule has 0 aliphatic carbocycles. The van der Waals surface area contributed by atoms with Gasteiger partial charge in [0, 0.05) is 18.2 Å². The van der Waals surface area contributed by atoms with Crippen LogP contribution in [0.2, 0.25) is 0 Å². The van der Waals surface area contributed by atoms with Crippen molar-refractivity contribution < 1.29 is 73.1 Å². The highest BCUT2D eigenvalue weighted by molar-refractivity contribution is 7.13. The van der Waals surface area contributed by atoms with E-state index in [0.29, 0.717) is 4.90 Å². The van der Waals surface area contributed by atoms with Crippen LogP contribution in [0.25, 0.3) is 0 Å². The second-order valence-electron chi connectivity index (χ2n) is 12.1. The van der Waals surface area contributed by atoms with Crippen LogP contribution in [0.15, 0.2) is 22.7 Å². The Balaban J connectivity index is 1.23. The number of aromatic nitrogens is 1. The van der Waals surface area contributed by atoms with Crippen molar-refractivity contribution in [1.29, 1.82) is 0 Å². The van der Waals surface area contributed by atoms with Crippen LogP contribution >= 0.6 is 11.3 Å². The van der Waals surface area contributed by atoms with Gasteiger partial charge in [-0.15, -0.1) is 11.3 Å². The molecule has 22 heteroatoms. The summed E-state index contributed by atoms with van der Waals surface area (Å²) in [4.78, 5) is 106. The third-order valence-electron chi connectivity index (χ3n) is 8.55. The molecule has 4 aliphatic rings. The summed E-state index contributed by atoms with van der Waals surface area (Å²) in [7, 11) is 0. The average molecular weight is 733 g/mol. The average Bonchev–Trinajstić information content (AvgIpc) is 3.79. The lowest BCUT2D eigenvalue weighted by molar-refractivity contribution is -0.256. The highest BCUT2D eigenvalue weighted by Crippen LogP contribution is 2.41. The van der Waals surface area contributed by atoms with Gasteiger partial charge >= 0.3 is 23.6 Å². The largest absolute Gasteiger partial charge is 0.504 e. The van der Waals surface area contributed by atoms with E-state index in [9.17, 15) is 54.0 Å². The number of hydrogen-bond acceptors (Lipinski definition) is 17. The van der Waals surface area contributed by atoms with E-state index in [1.165, 1.54) is 5.38 Å². The molecule has 1 aromatic heterocycles. The summed E-state index contributed by atoms with van der Waals surface area (Å²) in [5, 5.41) is 47.5. The van der Waals surface area contributed by atoms with Crippen LogP contribution in [0.3, 0.4) is 0 Å². The lowest BCUT2D eigenvalue weighted by Gasteiger charge is -2.37. The predicted molar refractivity (Wildman–Crippen MR) is 164 cm³/mol. The number of esters is 1. The van der Waals surface area contributed by atoms with Gasteiger partial charge in [-0.05, 0) is 26.0 Å². The molecule has 21 nitrogen and oxygen atoms in total. The zero-order valence-electron chi connectivity index (χ0n) is 26.4. The second kappa shape index (κ2) is 12.5. The number of fused-ring (bicyclic) bond motifs is 1. The van der Waals surface area contributed by atoms with Crippen LogP contribution in [0.1, 0.15) is 59.5 Å². The van der Waals surface area contributed by atoms with Crippen molar-refractivity contribution in [3.63, 3.8) is 0 Å². The van der Waals surface area contributed by atoms with E-state index in [0.717, 1.165) is 23.5 Å². The Morgan fingerprint density at radius 2 is 1.63 bits per heavy atom. The summed E-state index contributed by atoms with van der Waals surface area (Å²) in [6.45, 7) is 2.57. The van der Waals surface area contributed by atoms with Gasteiger partial charge in [0.1, 0.15) is 24.4 Å². The zero-order chi connectivity index (χ0) is 37.2. The molecule has 7 N–H and O–H groups in total. The quantitative estimate of drug-likeness (QED) is 0.0587. The molecule has 0 radical (unpaired) electrons. The van der Waals surface area contributed by atoms with Crippen molar-refractivity contribution >= 4 is 63.7 Å². The van der Waals surface area contributed by atoms with E-state index in [1.54, 1.807) is 13.8 Å². The number of nitrogens with two attached hydrogens (primary N) is 1. The number of aliphatic carboxylic acids is 2. The number of thiazole rings is 1. The standard InChI is InChI=1S/C29H28N6O15S/c1-10-5-28(25(43)44,6-11(2)48-10)50-33-19(15-9-51-27(30)32-15)20(38)31-14-8-47-35(23(14)41)29(26(45)46)7-16(24(42)49-29)34-21(39)12-3-17(36)18(37)4-13(12)22(34)40/h3-4,9-11,14,16,36-37H,5-8H2,1-2H3,(H2,30,32)(H,31,38)(H,43,44)(H,45,46)/b33-19-/t10-,11-,14+,16+,29?/m1/s1. The topological polar surface area (TPSA) is 307 Å². The van der Waals surface area contributed by atoms with Gasteiger partial charge in [-0.25, -0.2) is 19.4 Å². The Morgan fingerprint density at radius 3 is 2.16 bits per heavy atom. The number of hydroxylamine groups is 2. The van der Waals surface area contributed by atoms with Gasteiger partial charge in [-0.1, -0.05) is 5.16 Å². The van der Waals surface area contributed by atoms with Crippen LogP contribution < -0.4 is 11.1 Å². The summed E-state index contributed by atoms with van der Waals surface area (Å²) in [6, 6.07) is -1.95. The molecule has 3 saturated heterocycles. The van der Waals surface area contributed by atoms with Crippen molar-refractivity contribution in [3.05, 3.63) is 34.3 Å². The minimum Gasteiger partial charge on any atom is -0.504 e. The maximum absolute atomic E-state index is 13.6. The maximum atomic E-state index is 13.6. The number of carboxylic acids is 2. The molecule has 51 heavy (non-hydrogen) atoms. The number of carbonyl (C=O) groups is 7. The number of ether oxygens (including phenoxy) is 2. The number of rotatable bonds is 9. The monoisotopic (exact) mass is 732 g/mol. The smallest absolute Gasteiger partial charge is 0.372 e. The molecule has 5 atom stereocenters. The molecule has 0 saturated carbocycles. The van der Waals surface area contributed by atoms with Gasteiger partial charge in [0.05, 0.1) is 29.8 Å². The van der Waals surface area contributed by atoms with E-state index >= 15 is 0 Å². The van der Waals surface area contributed by atoms with Crippen molar-refractivity contribution in [3.8, 4) is 11.5 Å². The van der Waals surface area contributed by atoms with Crippen molar-refractivity contribution in [2.75, 3.05) is 12.3 Å². The van der Waals surface area contributed by atoms with Gasteiger partial charge in [0.25, 0.3) is 23.6 Å². The molecule has 1 unspecified atom stereocenters. The number of nitrogens with zero attached hydrogens (tertiary/aromatic N) is 4. The number of oxime groups is 1. The number of benzene rings is 1. The number of hydrogen-bond donors (Lipinski definition) is 6. The molecule has 1 aromatic carbocycles. The molecule has 3 fully saturated rings. The molecule has 5 heterocycles. The molecule has 0 spiro atoms. The third-order valence-corrected chi connectivity index (χ3v) is 9.23. The molecule has 270 valence electrons. The summed E-state index contributed by atoms with van der Waals surface area (Å²) >= 11 is 0.913. The number of carbonyl (C=O) groups excluding carboxylic acids is 5. The lowest BCUT2D eigenvalue weighted by atomic mass is 9.88. The fourth-order valence-corrected chi connectivity index (χ4v) is 6.84. The number of imide groups is 1. The molecule has 2 aromatic rings. The normalized spacial score (nSPS) is 29.3. The molecular formula is C29H28N6O15S. The first kappa shape index (κ1) is 35.0. The Labute approximate surface area is 289 Å². The number of aromatic hydroxyl groups is 2. The Bertz CT molecular complexity index is 1880. The summed E-state index contributed by atoms with van der Waals surface area (Å²) in [6.07, 6.45) is -2.35. The first-order valence-corrected chi connectivity index (χ1v) is 15.9. The minimum absolute atomic E-state index is 0.00544.